The summed E-state index contributed by atoms with van der Waals surface area (Å²) in [6, 6.07) is 4.91. The summed E-state index contributed by atoms with van der Waals surface area (Å²) in [5, 5.41) is 0. The van der Waals surface area contributed by atoms with Crippen molar-refractivity contribution in [2.75, 3.05) is 6.54 Å². The third-order valence-electron chi connectivity index (χ3n) is 3.29. The van der Waals surface area contributed by atoms with Crippen LogP contribution < -0.4 is 10.5 Å². The molecule has 0 saturated heterocycles. The van der Waals surface area contributed by atoms with Gasteiger partial charge in [-0.1, -0.05) is 31.1 Å². The molecule has 1 saturated carbocycles. The molecular formula is C13H18N2O2S2. The van der Waals surface area contributed by atoms with Gasteiger partial charge in [0.05, 0.1) is 4.90 Å². The molecule has 1 aliphatic rings. The molecule has 0 aromatic heterocycles. The first kappa shape index (κ1) is 14.4. The van der Waals surface area contributed by atoms with E-state index in [9.17, 15) is 8.42 Å². The second kappa shape index (κ2) is 5.56. The number of benzene rings is 1. The van der Waals surface area contributed by atoms with Crippen molar-refractivity contribution in [3.63, 3.8) is 0 Å². The number of nitrogens with one attached hydrogen (secondary N) is 1. The van der Waals surface area contributed by atoms with Gasteiger partial charge >= 0.3 is 0 Å². The lowest BCUT2D eigenvalue weighted by molar-refractivity contribution is 0.574. The molecule has 1 fully saturated rings. The van der Waals surface area contributed by atoms with Crippen LogP contribution in [0.4, 0.5) is 0 Å². The van der Waals surface area contributed by atoms with Crippen LogP contribution in [0.15, 0.2) is 23.1 Å². The van der Waals surface area contributed by atoms with E-state index in [0.717, 1.165) is 6.42 Å². The van der Waals surface area contributed by atoms with Crippen LogP contribution in [0.3, 0.4) is 0 Å². The van der Waals surface area contributed by atoms with E-state index in [0.29, 0.717) is 28.5 Å². The smallest absolute Gasteiger partial charge is 0.240 e. The predicted molar refractivity (Wildman–Crippen MR) is 79.6 cm³/mol. The van der Waals surface area contributed by atoms with Crippen molar-refractivity contribution < 1.29 is 8.42 Å². The zero-order chi connectivity index (χ0) is 14.0. The van der Waals surface area contributed by atoms with Crippen LogP contribution in [0.5, 0.6) is 0 Å². The molecule has 104 valence electrons. The number of rotatable bonds is 6. The van der Waals surface area contributed by atoms with Crippen LogP contribution in [0.1, 0.15) is 30.4 Å². The highest BCUT2D eigenvalue weighted by Crippen LogP contribution is 2.31. The van der Waals surface area contributed by atoms with E-state index < -0.39 is 10.0 Å². The quantitative estimate of drug-likeness (QED) is 0.784. The van der Waals surface area contributed by atoms with E-state index in [4.69, 9.17) is 18.0 Å². The highest BCUT2D eigenvalue weighted by molar-refractivity contribution is 7.89. The van der Waals surface area contributed by atoms with E-state index >= 15 is 0 Å². The Hall–Kier alpha value is -0.980. The molecule has 1 aromatic rings. The lowest BCUT2D eigenvalue weighted by Crippen LogP contribution is -2.26. The van der Waals surface area contributed by atoms with Crippen LogP contribution in [0.2, 0.25) is 0 Å². The molecule has 0 amide bonds. The number of aryl methyl sites for hydroxylation is 1. The van der Waals surface area contributed by atoms with Gasteiger partial charge in [-0.15, -0.1) is 0 Å². The maximum atomic E-state index is 12.2. The molecule has 0 radical (unpaired) electrons. The maximum Gasteiger partial charge on any atom is 0.240 e. The molecule has 0 atom stereocenters. The zero-order valence-electron chi connectivity index (χ0n) is 10.8. The summed E-state index contributed by atoms with van der Waals surface area (Å²) in [5.74, 6) is 0.709. The summed E-state index contributed by atoms with van der Waals surface area (Å²) in [6.45, 7) is 2.25. The SMILES string of the molecule is Cc1cc(C(N)=S)ccc1S(=O)(=O)NCCC1CC1. The second-order valence-electron chi connectivity index (χ2n) is 4.97. The zero-order valence-corrected chi connectivity index (χ0v) is 12.5. The molecule has 0 heterocycles. The molecule has 3 N–H and O–H groups in total. The molecular weight excluding hydrogens is 280 g/mol. The fraction of sp³-hybridized carbons (Fsp3) is 0.462. The molecule has 1 aliphatic carbocycles. The Kier molecular flexibility index (Phi) is 4.23. The fourth-order valence-electron chi connectivity index (χ4n) is 1.99. The Bertz CT molecular complexity index is 593. The molecule has 19 heavy (non-hydrogen) atoms. The summed E-state index contributed by atoms with van der Waals surface area (Å²) in [5.41, 5.74) is 6.87. The molecule has 1 aromatic carbocycles. The normalized spacial score (nSPS) is 15.4. The van der Waals surface area contributed by atoms with Gasteiger partial charge < -0.3 is 5.73 Å². The van der Waals surface area contributed by atoms with Crippen LogP contribution in [0, 0.1) is 12.8 Å². The third-order valence-corrected chi connectivity index (χ3v) is 5.15. The van der Waals surface area contributed by atoms with Crippen LogP contribution in [-0.4, -0.2) is 20.0 Å². The van der Waals surface area contributed by atoms with Gasteiger partial charge in [0.2, 0.25) is 10.0 Å². The van der Waals surface area contributed by atoms with Crippen LogP contribution >= 0.6 is 12.2 Å². The molecule has 0 spiro atoms. The minimum absolute atomic E-state index is 0.272. The first-order valence-electron chi connectivity index (χ1n) is 6.30. The number of thiocarbonyl (C=S) groups is 1. The van der Waals surface area contributed by atoms with E-state index in [1.807, 2.05) is 0 Å². The van der Waals surface area contributed by atoms with Gasteiger partial charge in [0.15, 0.2) is 0 Å². The molecule has 0 unspecified atom stereocenters. The van der Waals surface area contributed by atoms with Crippen molar-refractivity contribution in [1.29, 1.82) is 0 Å². The minimum atomic E-state index is -3.44. The van der Waals surface area contributed by atoms with Crippen molar-refractivity contribution in [1.82, 2.24) is 4.72 Å². The third kappa shape index (κ3) is 3.75. The monoisotopic (exact) mass is 298 g/mol. The highest BCUT2D eigenvalue weighted by Gasteiger charge is 2.22. The lowest BCUT2D eigenvalue weighted by atomic mass is 10.1. The van der Waals surface area contributed by atoms with Crippen molar-refractivity contribution in [3.8, 4) is 0 Å². The summed E-state index contributed by atoms with van der Waals surface area (Å²) in [4.78, 5) is 0.567. The Morgan fingerprint density at radius 1 is 1.47 bits per heavy atom. The van der Waals surface area contributed by atoms with E-state index in [2.05, 4.69) is 4.72 Å². The Labute approximate surface area is 119 Å². The van der Waals surface area contributed by atoms with Crippen LogP contribution in [0.25, 0.3) is 0 Å². The minimum Gasteiger partial charge on any atom is -0.389 e. The summed E-state index contributed by atoms with van der Waals surface area (Å²) >= 11 is 4.88. The van der Waals surface area contributed by atoms with Crippen molar-refractivity contribution in [2.24, 2.45) is 11.7 Å². The van der Waals surface area contributed by atoms with E-state index in [1.54, 1.807) is 25.1 Å². The van der Waals surface area contributed by atoms with E-state index in [1.165, 1.54) is 12.8 Å². The van der Waals surface area contributed by atoms with Gasteiger partial charge in [0.25, 0.3) is 0 Å². The Balaban J connectivity index is 2.12. The topological polar surface area (TPSA) is 72.2 Å². The van der Waals surface area contributed by atoms with Crippen molar-refractivity contribution in [2.45, 2.75) is 31.1 Å². The number of sulfonamides is 1. The standard InChI is InChI=1S/C13H18N2O2S2/c1-9-8-11(13(14)18)4-5-12(9)19(16,17)15-7-6-10-2-3-10/h4-5,8,10,15H,2-3,6-7H2,1H3,(H2,14,18). The van der Waals surface area contributed by atoms with Gasteiger partial charge in [-0.25, -0.2) is 13.1 Å². The average Bonchev–Trinajstić information content (AvgIpc) is 3.12. The molecule has 0 aliphatic heterocycles. The molecule has 4 nitrogen and oxygen atoms in total. The maximum absolute atomic E-state index is 12.2. The predicted octanol–water partition coefficient (Wildman–Crippen LogP) is 1.71. The fourth-order valence-corrected chi connectivity index (χ4v) is 3.38. The van der Waals surface area contributed by atoms with E-state index in [-0.39, 0.29) is 4.99 Å². The Morgan fingerprint density at radius 3 is 2.68 bits per heavy atom. The van der Waals surface area contributed by atoms with Gasteiger partial charge in [-0.3, -0.25) is 0 Å². The van der Waals surface area contributed by atoms with Crippen molar-refractivity contribution in [3.05, 3.63) is 29.3 Å². The lowest BCUT2D eigenvalue weighted by Gasteiger charge is -2.10. The largest absolute Gasteiger partial charge is 0.389 e. The molecule has 2 rings (SSSR count). The van der Waals surface area contributed by atoms with Gasteiger partial charge in [0.1, 0.15) is 4.99 Å². The second-order valence-corrected chi connectivity index (χ2v) is 7.15. The first-order chi connectivity index (χ1) is 8.90. The summed E-state index contributed by atoms with van der Waals surface area (Å²) < 4.78 is 27.0. The van der Waals surface area contributed by atoms with Gasteiger partial charge in [0, 0.05) is 12.1 Å². The molecule has 6 heteroatoms. The highest BCUT2D eigenvalue weighted by atomic mass is 32.2. The number of nitrogens with two attached hydrogens (primary N) is 1. The van der Waals surface area contributed by atoms with Crippen molar-refractivity contribution >= 4 is 27.2 Å². The van der Waals surface area contributed by atoms with Crippen LogP contribution in [-0.2, 0) is 10.0 Å². The Morgan fingerprint density at radius 2 is 2.16 bits per heavy atom. The van der Waals surface area contributed by atoms with Gasteiger partial charge in [-0.2, -0.15) is 0 Å². The number of hydrogen-bond acceptors (Lipinski definition) is 3. The summed E-state index contributed by atoms with van der Waals surface area (Å²) in [6.07, 6.45) is 3.37. The van der Waals surface area contributed by atoms with Gasteiger partial charge in [-0.05, 0) is 37.0 Å². The number of hydrogen-bond donors (Lipinski definition) is 2. The first-order valence-corrected chi connectivity index (χ1v) is 8.19. The molecule has 0 bridgehead atoms. The summed E-state index contributed by atoms with van der Waals surface area (Å²) in [7, 11) is -3.44. The average molecular weight is 298 g/mol.